The van der Waals surface area contributed by atoms with E-state index in [-0.39, 0.29) is 0 Å². The molecule has 0 aliphatic heterocycles. The highest BCUT2D eigenvalue weighted by atomic mass is 32.1. The molecular weight excluding hydrogens is 268 g/mol. The van der Waals surface area contributed by atoms with Crippen molar-refractivity contribution in [3.05, 3.63) is 34.8 Å². The minimum Gasteiger partial charge on any atom is -0.297 e. The number of thiophene rings is 1. The Morgan fingerprint density at radius 3 is 2.90 bits per heavy atom. The largest absolute Gasteiger partial charge is 0.297 e. The Balaban J connectivity index is 2.16. The molecule has 0 radical (unpaired) electrons. The third-order valence-corrected chi connectivity index (χ3v) is 4.45. The van der Waals surface area contributed by atoms with Crippen LogP contribution in [0.5, 0.6) is 0 Å². The van der Waals surface area contributed by atoms with Gasteiger partial charge in [0.1, 0.15) is 0 Å². The molecule has 0 saturated heterocycles. The van der Waals surface area contributed by atoms with E-state index >= 15 is 0 Å². The van der Waals surface area contributed by atoms with Crippen molar-refractivity contribution in [2.75, 3.05) is 0 Å². The van der Waals surface area contributed by atoms with Gasteiger partial charge in [-0.2, -0.15) is 11.3 Å². The molecule has 0 spiro atoms. The molecule has 4 rings (SSSR count). The normalized spacial score (nSPS) is 11.7. The number of nitrogens with zero attached hydrogens (tertiary/aromatic N) is 3. The fourth-order valence-electron chi connectivity index (χ4n) is 2.80. The molecule has 4 aromatic heterocycles. The van der Waals surface area contributed by atoms with Crippen LogP contribution in [0.4, 0.5) is 0 Å². The maximum absolute atomic E-state index is 4.52. The predicted molar refractivity (Wildman–Crippen MR) is 83.1 cm³/mol. The Bertz CT molecular complexity index is 899. The first-order chi connectivity index (χ1) is 9.79. The molecule has 0 unspecified atom stereocenters. The van der Waals surface area contributed by atoms with Gasteiger partial charge in [0.2, 0.25) is 0 Å². The molecule has 4 nitrogen and oxygen atoms in total. The minimum absolute atomic E-state index is 0.834. The smallest absolute Gasteiger partial charge is 0.161 e. The Morgan fingerprint density at radius 1 is 1.30 bits per heavy atom. The first-order valence-electron chi connectivity index (χ1n) is 6.63. The van der Waals surface area contributed by atoms with Crippen LogP contribution in [0, 0.1) is 0 Å². The van der Waals surface area contributed by atoms with E-state index in [0.29, 0.717) is 0 Å². The van der Waals surface area contributed by atoms with Gasteiger partial charge in [-0.3, -0.25) is 9.78 Å². The Hall–Kier alpha value is -2.14. The second kappa shape index (κ2) is 4.18. The van der Waals surface area contributed by atoms with E-state index in [1.807, 2.05) is 19.4 Å². The van der Waals surface area contributed by atoms with Crippen LogP contribution >= 0.6 is 11.3 Å². The van der Waals surface area contributed by atoms with E-state index in [9.17, 15) is 0 Å². The summed E-state index contributed by atoms with van der Waals surface area (Å²) in [6, 6.07) is 2.13. The fraction of sp³-hybridized carbons (Fsp3) is 0.200. The molecule has 0 amide bonds. The Labute approximate surface area is 120 Å². The molecule has 0 aliphatic rings. The molecule has 20 heavy (non-hydrogen) atoms. The van der Waals surface area contributed by atoms with Crippen molar-refractivity contribution < 1.29 is 0 Å². The van der Waals surface area contributed by atoms with Gasteiger partial charge in [0.25, 0.3) is 0 Å². The van der Waals surface area contributed by atoms with E-state index in [4.69, 9.17) is 0 Å². The summed E-state index contributed by atoms with van der Waals surface area (Å²) in [6.45, 7) is 2.15. The van der Waals surface area contributed by atoms with Crippen molar-refractivity contribution in [2.24, 2.45) is 7.05 Å². The Morgan fingerprint density at radius 2 is 2.15 bits per heavy atom. The lowest BCUT2D eigenvalue weighted by atomic mass is 10.1. The zero-order valence-electron chi connectivity index (χ0n) is 11.3. The number of fused-ring (bicyclic) bond motifs is 3. The van der Waals surface area contributed by atoms with E-state index in [1.54, 1.807) is 11.3 Å². The summed E-state index contributed by atoms with van der Waals surface area (Å²) in [7, 11) is 2.05. The van der Waals surface area contributed by atoms with Crippen molar-refractivity contribution in [1.29, 1.82) is 0 Å². The number of pyridine rings is 1. The van der Waals surface area contributed by atoms with Gasteiger partial charge >= 0.3 is 0 Å². The molecule has 1 N–H and O–H groups in total. The summed E-state index contributed by atoms with van der Waals surface area (Å²) in [5.41, 5.74) is 5.61. The molecule has 100 valence electrons. The van der Waals surface area contributed by atoms with Crippen LogP contribution in [-0.4, -0.2) is 19.7 Å². The molecule has 0 aliphatic carbocycles. The number of nitrogens with one attached hydrogen (secondary N) is 1. The van der Waals surface area contributed by atoms with Crippen LogP contribution in [0.2, 0.25) is 0 Å². The fourth-order valence-corrected chi connectivity index (χ4v) is 3.45. The lowest BCUT2D eigenvalue weighted by Crippen LogP contribution is -1.91. The summed E-state index contributed by atoms with van der Waals surface area (Å²) in [4.78, 5) is 8.94. The molecule has 4 aromatic rings. The third kappa shape index (κ3) is 1.47. The van der Waals surface area contributed by atoms with Gasteiger partial charge in [0.05, 0.1) is 11.2 Å². The van der Waals surface area contributed by atoms with Crippen LogP contribution in [0.15, 0.2) is 29.2 Å². The van der Waals surface area contributed by atoms with Crippen molar-refractivity contribution in [2.45, 2.75) is 13.3 Å². The second-order valence-corrected chi connectivity index (χ2v) is 5.69. The van der Waals surface area contributed by atoms with Gasteiger partial charge in [0, 0.05) is 41.2 Å². The van der Waals surface area contributed by atoms with Crippen LogP contribution in [0.3, 0.4) is 0 Å². The number of rotatable bonds is 2. The standard InChI is InChI=1S/C15H14N4S/c1-3-9-6-16-15-12(9)14-11(7-17-15)13(18-19(14)2)10-4-5-20-8-10/h4-8,18H,3H2,1-2H3. The monoisotopic (exact) mass is 282 g/mol. The molecule has 5 heteroatoms. The summed E-state index contributed by atoms with van der Waals surface area (Å²) >= 11 is 1.70. The van der Waals surface area contributed by atoms with Crippen molar-refractivity contribution in [3.8, 4) is 11.3 Å². The van der Waals surface area contributed by atoms with Gasteiger partial charge < -0.3 is 0 Å². The van der Waals surface area contributed by atoms with E-state index in [2.05, 4.69) is 43.5 Å². The van der Waals surface area contributed by atoms with Crippen molar-refractivity contribution >= 4 is 33.3 Å². The van der Waals surface area contributed by atoms with Gasteiger partial charge in [-0.25, -0.2) is 9.97 Å². The second-order valence-electron chi connectivity index (χ2n) is 4.91. The topological polar surface area (TPSA) is 46.5 Å². The lowest BCUT2D eigenvalue weighted by Gasteiger charge is -1.99. The lowest BCUT2D eigenvalue weighted by molar-refractivity contribution is 0.803. The Kier molecular flexibility index (Phi) is 2.44. The van der Waals surface area contributed by atoms with E-state index in [1.165, 1.54) is 22.0 Å². The van der Waals surface area contributed by atoms with Crippen molar-refractivity contribution in [3.63, 3.8) is 0 Å². The van der Waals surface area contributed by atoms with Crippen LogP contribution in [0.25, 0.3) is 33.2 Å². The number of hydrogen-bond acceptors (Lipinski definition) is 3. The summed E-state index contributed by atoms with van der Waals surface area (Å²) in [5.74, 6) is 0. The van der Waals surface area contributed by atoms with E-state index < -0.39 is 0 Å². The zero-order valence-corrected chi connectivity index (χ0v) is 12.2. The highest BCUT2D eigenvalue weighted by molar-refractivity contribution is 7.08. The first-order valence-corrected chi connectivity index (χ1v) is 7.57. The number of aromatic nitrogens is 4. The van der Waals surface area contributed by atoms with Gasteiger partial charge in [-0.15, -0.1) is 0 Å². The highest BCUT2D eigenvalue weighted by Crippen LogP contribution is 2.33. The van der Waals surface area contributed by atoms with Crippen LogP contribution in [0.1, 0.15) is 12.5 Å². The highest BCUT2D eigenvalue weighted by Gasteiger charge is 2.16. The van der Waals surface area contributed by atoms with Gasteiger partial charge in [-0.05, 0) is 23.4 Å². The van der Waals surface area contributed by atoms with Crippen LogP contribution < -0.4 is 0 Å². The number of H-pyrrole nitrogens is 1. The number of hydrogen-bond donors (Lipinski definition) is 1. The molecular formula is C15H14N4S. The molecule has 0 bridgehead atoms. The SMILES string of the molecule is CCc1cnc2ncc3c(-c4ccsc4)[nH]n(C)c3c12. The predicted octanol–water partition coefficient (Wildman–Crippen LogP) is 3.74. The molecule has 0 atom stereocenters. The maximum Gasteiger partial charge on any atom is 0.161 e. The first kappa shape index (κ1) is 11.7. The zero-order chi connectivity index (χ0) is 13.7. The maximum atomic E-state index is 4.52. The summed E-state index contributed by atoms with van der Waals surface area (Å²) in [6.07, 6.45) is 4.83. The average Bonchev–Trinajstić information content (AvgIpc) is 3.15. The van der Waals surface area contributed by atoms with Crippen LogP contribution in [-0.2, 0) is 13.5 Å². The minimum atomic E-state index is 0.834. The number of aryl methyl sites for hydroxylation is 2. The molecule has 0 saturated carbocycles. The molecule has 0 aromatic carbocycles. The van der Waals surface area contributed by atoms with Crippen molar-refractivity contribution in [1.82, 2.24) is 19.7 Å². The molecule has 4 heterocycles. The quantitative estimate of drug-likeness (QED) is 0.609. The summed E-state index contributed by atoms with van der Waals surface area (Å²) in [5, 5.41) is 10.0. The third-order valence-electron chi connectivity index (χ3n) is 3.77. The van der Waals surface area contributed by atoms with E-state index in [0.717, 1.165) is 23.1 Å². The van der Waals surface area contributed by atoms with Gasteiger partial charge in [-0.1, -0.05) is 6.92 Å². The summed E-state index contributed by atoms with van der Waals surface area (Å²) < 4.78 is 2.08. The number of aromatic amines is 1. The molecule has 0 fully saturated rings. The van der Waals surface area contributed by atoms with Gasteiger partial charge in [0.15, 0.2) is 5.65 Å². The average molecular weight is 282 g/mol.